The van der Waals surface area contributed by atoms with Gasteiger partial charge in [-0.2, -0.15) is 0 Å². The lowest BCUT2D eigenvalue weighted by Gasteiger charge is -2.15. The number of ether oxygens (including phenoxy) is 3. The third-order valence-corrected chi connectivity index (χ3v) is 5.20. The molecule has 0 aliphatic carbocycles. The van der Waals surface area contributed by atoms with Gasteiger partial charge in [0.05, 0.1) is 19.8 Å². The van der Waals surface area contributed by atoms with Crippen LogP contribution >= 0.6 is 0 Å². The number of benzene rings is 4. The summed E-state index contributed by atoms with van der Waals surface area (Å²) in [6, 6.07) is 26.3. The summed E-state index contributed by atoms with van der Waals surface area (Å²) in [5.41, 5.74) is 2.66. The number of carbonyl (C=O) groups is 1. The van der Waals surface area contributed by atoms with Crippen molar-refractivity contribution in [3.63, 3.8) is 0 Å². The molecule has 4 aromatic rings. The molecule has 0 bridgehead atoms. The van der Waals surface area contributed by atoms with E-state index in [0.29, 0.717) is 34.8 Å². The highest BCUT2D eigenvalue weighted by atomic mass is 19.1. The first-order valence-electron chi connectivity index (χ1n) is 10.4. The van der Waals surface area contributed by atoms with Crippen molar-refractivity contribution in [2.75, 3.05) is 14.2 Å². The maximum atomic E-state index is 13.4. The Morgan fingerprint density at radius 2 is 1.42 bits per heavy atom. The summed E-state index contributed by atoms with van der Waals surface area (Å²) in [6.07, 6.45) is 0.519. The van der Waals surface area contributed by atoms with Crippen molar-refractivity contribution in [1.82, 2.24) is 0 Å². The van der Waals surface area contributed by atoms with E-state index in [0.717, 1.165) is 16.9 Å². The molecule has 0 aromatic heterocycles. The molecule has 0 N–H and O–H groups in total. The number of carbonyl (C=O) groups excluding carboxylic acids is 1. The average Bonchev–Trinajstić information content (AvgIpc) is 2.85. The molecule has 0 spiro atoms. The lowest BCUT2D eigenvalue weighted by molar-refractivity contribution is 0.103. The van der Waals surface area contributed by atoms with Crippen molar-refractivity contribution in [1.29, 1.82) is 0 Å². The largest absolute Gasteiger partial charge is 0.493 e. The number of rotatable bonds is 8. The van der Waals surface area contributed by atoms with Gasteiger partial charge in [-0.1, -0.05) is 30.3 Å². The number of hydrogen-bond acceptors (Lipinski definition) is 4. The van der Waals surface area contributed by atoms with Crippen LogP contribution in [0.15, 0.2) is 91.0 Å². The van der Waals surface area contributed by atoms with Crippen LogP contribution in [0, 0.1) is 5.82 Å². The van der Waals surface area contributed by atoms with Gasteiger partial charge >= 0.3 is 0 Å². The van der Waals surface area contributed by atoms with Crippen molar-refractivity contribution in [2.24, 2.45) is 0 Å². The second-order valence-corrected chi connectivity index (χ2v) is 7.45. The summed E-state index contributed by atoms with van der Waals surface area (Å²) in [6.45, 7) is 0. The summed E-state index contributed by atoms with van der Waals surface area (Å²) in [5, 5.41) is 0. The van der Waals surface area contributed by atoms with E-state index < -0.39 is 0 Å². The first-order chi connectivity index (χ1) is 16.1. The van der Waals surface area contributed by atoms with Crippen LogP contribution in [0.1, 0.15) is 27.0 Å². The third kappa shape index (κ3) is 5.21. The van der Waals surface area contributed by atoms with E-state index in [9.17, 15) is 9.18 Å². The molecule has 0 amide bonds. The van der Waals surface area contributed by atoms with Crippen molar-refractivity contribution in [2.45, 2.75) is 6.42 Å². The molecule has 33 heavy (non-hydrogen) atoms. The van der Waals surface area contributed by atoms with Gasteiger partial charge in [0.25, 0.3) is 0 Å². The van der Waals surface area contributed by atoms with E-state index in [1.807, 2.05) is 36.4 Å². The monoisotopic (exact) mass is 442 g/mol. The van der Waals surface area contributed by atoms with Gasteiger partial charge in [0.1, 0.15) is 17.3 Å². The molecule has 0 unspecified atom stereocenters. The van der Waals surface area contributed by atoms with E-state index in [4.69, 9.17) is 14.2 Å². The Kier molecular flexibility index (Phi) is 6.69. The lowest BCUT2D eigenvalue weighted by Crippen LogP contribution is -2.07. The second-order valence-electron chi connectivity index (χ2n) is 7.45. The van der Waals surface area contributed by atoms with Crippen LogP contribution < -0.4 is 14.2 Å². The molecule has 0 fully saturated rings. The Morgan fingerprint density at radius 3 is 2.06 bits per heavy atom. The van der Waals surface area contributed by atoms with Crippen molar-refractivity contribution in [3.05, 3.63) is 119 Å². The zero-order chi connectivity index (χ0) is 23.2. The minimum absolute atomic E-state index is 0.197. The Morgan fingerprint density at radius 1 is 0.758 bits per heavy atom. The third-order valence-electron chi connectivity index (χ3n) is 5.20. The summed E-state index contributed by atoms with van der Waals surface area (Å²) >= 11 is 0. The van der Waals surface area contributed by atoms with Gasteiger partial charge in [-0.15, -0.1) is 0 Å². The summed E-state index contributed by atoms with van der Waals surface area (Å²) in [4.78, 5) is 13.4. The van der Waals surface area contributed by atoms with Crippen LogP contribution in [-0.2, 0) is 6.42 Å². The van der Waals surface area contributed by atoms with Crippen molar-refractivity contribution >= 4 is 5.78 Å². The topological polar surface area (TPSA) is 44.8 Å². The molecule has 0 atom stereocenters. The SMILES string of the molecule is COc1cc(Cc2ccc(F)cc2)cc(C(=O)c2ccc(Oc3ccccc3)cc2)c1OC. The highest BCUT2D eigenvalue weighted by Crippen LogP contribution is 2.35. The quantitative estimate of drug-likeness (QED) is 0.294. The van der Waals surface area contributed by atoms with Gasteiger partial charge in [0.15, 0.2) is 17.3 Å². The van der Waals surface area contributed by atoms with Crippen molar-refractivity contribution < 1.29 is 23.4 Å². The minimum Gasteiger partial charge on any atom is -0.493 e. The predicted octanol–water partition coefficient (Wildman–Crippen LogP) is 6.46. The normalized spacial score (nSPS) is 10.5. The predicted molar refractivity (Wildman–Crippen MR) is 125 cm³/mol. The van der Waals surface area contributed by atoms with Crippen LogP contribution in [0.5, 0.6) is 23.0 Å². The molecule has 0 heterocycles. The Labute approximate surface area is 192 Å². The Balaban J connectivity index is 1.63. The fourth-order valence-corrected chi connectivity index (χ4v) is 3.58. The lowest BCUT2D eigenvalue weighted by atomic mass is 9.96. The molecule has 4 rings (SSSR count). The number of methoxy groups -OCH3 is 2. The fourth-order valence-electron chi connectivity index (χ4n) is 3.58. The number of ketones is 1. The van der Waals surface area contributed by atoms with Gasteiger partial charge in [-0.05, 0) is 78.2 Å². The number of halogens is 1. The zero-order valence-electron chi connectivity index (χ0n) is 18.4. The maximum Gasteiger partial charge on any atom is 0.196 e. The molecule has 4 aromatic carbocycles. The molecule has 0 aliphatic rings. The molecular formula is C28H23FO4. The number of para-hydroxylation sites is 1. The molecule has 5 heteroatoms. The smallest absolute Gasteiger partial charge is 0.196 e. The second kappa shape index (κ2) is 10.0. The Hall–Kier alpha value is -4.12. The van der Waals surface area contributed by atoms with E-state index in [1.54, 1.807) is 42.5 Å². The molecule has 0 saturated carbocycles. The average molecular weight is 442 g/mol. The first-order valence-corrected chi connectivity index (χ1v) is 10.4. The summed E-state index contributed by atoms with van der Waals surface area (Å²) in [5.74, 6) is 1.70. The minimum atomic E-state index is -0.290. The van der Waals surface area contributed by atoms with E-state index in [1.165, 1.54) is 26.4 Å². The van der Waals surface area contributed by atoms with Crippen LogP contribution in [0.4, 0.5) is 4.39 Å². The summed E-state index contributed by atoms with van der Waals surface area (Å²) < 4.78 is 30.1. The highest BCUT2D eigenvalue weighted by molar-refractivity contribution is 6.11. The van der Waals surface area contributed by atoms with E-state index >= 15 is 0 Å². The molecule has 0 radical (unpaired) electrons. The Bertz CT molecular complexity index is 1230. The first kappa shape index (κ1) is 22.1. The van der Waals surface area contributed by atoms with E-state index in [2.05, 4.69) is 0 Å². The zero-order valence-corrected chi connectivity index (χ0v) is 18.4. The fraction of sp³-hybridized carbons (Fsp3) is 0.107. The van der Waals surface area contributed by atoms with Crippen molar-refractivity contribution in [3.8, 4) is 23.0 Å². The van der Waals surface area contributed by atoms with Crippen LogP contribution in [0.3, 0.4) is 0 Å². The molecule has 4 nitrogen and oxygen atoms in total. The highest BCUT2D eigenvalue weighted by Gasteiger charge is 2.20. The van der Waals surface area contributed by atoms with Gasteiger partial charge in [-0.25, -0.2) is 4.39 Å². The summed E-state index contributed by atoms with van der Waals surface area (Å²) in [7, 11) is 3.04. The number of hydrogen-bond donors (Lipinski definition) is 0. The van der Waals surface area contributed by atoms with Crippen LogP contribution in [0.25, 0.3) is 0 Å². The molecule has 166 valence electrons. The molecule has 0 aliphatic heterocycles. The maximum absolute atomic E-state index is 13.4. The van der Waals surface area contributed by atoms with Gasteiger partial charge in [0, 0.05) is 5.56 Å². The molecule has 0 saturated heterocycles. The van der Waals surface area contributed by atoms with E-state index in [-0.39, 0.29) is 11.6 Å². The standard InChI is InChI=1S/C28H23FO4/c1-31-26-18-20(16-19-8-12-22(29)13-9-19)17-25(28(26)32-2)27(30)21-10-14-24(15-11-21)33-23-6-4-3-5-7-23/h3-15,17-18H,16H2,1-2H3. The molecular weight excluding hydrogens is 419 g/mol. The van der Waals surface area contributed by atoms with Crippen LogP contribution in [-0.4, -0.2) is 20.0 Å². The van der Waals surface area contributed by atoms with Gasteiger partial charge in [0.2, 0.25) is 0 Å². The van der Waals surface area contributed by atoms with Crippen LogP contribution in [0.2, 0.25) is 0 Å². The van der Waals surface area contributed by atoms with Gasteiger partial charge in [-0.3, -0.25) is 4.79 Å². The van der Waals surface area contributed by atoms with Gasteiger partial charge < -0.3 is 14.2 Å².